The second-order valence-corrected chi connectivity index (χ2v) is 9.59. The van der Waals surface area contributed by atoms with Crippen molar-refractivity contribution >= 4 is 40.4 Å². The molecule has 38 heavy (non-hydrogen) atoms. The van der Waals surface area contributed by atoms with E-state index in [0.29, 0.717) is 17.2 Å². The zero-order valence-electron chi connectivity index (χ0n) is 21.3. The maximum atomic E-state index is 13.4. The van der Waals surface area contributed by atoms with Crippen LogP contribution in [0.4, 0.5) is 11.4 Å². The Kier molecular flexibility index (Phi) is 7.05. The third kappa shape index (κ3) is 4.48. The number of aliphatic hydroxyl groups is 1. The van der Waals surface area contributed by atoms with Gasteiger partial charge in [0.05, 0.1) is 36.6 Å². The fourth-order valence-corrected chi connectivity index (χ4v) is 5.13. The first-order valence-corrected chi connectivity index (χ1v) is 12.5. The number of halogens is 1. The number of aliphatic hydroxyl groups excluding tert-OH is 1. The molecule has 9 nitrogen and oxygen atoms in total. The Balaban J connectivity index is 1.59. The molecule has 0 spiro atoms. The number of carbonyl (C=O) groups is 2. The Morgan fingerprint density at radius 1 is 0.974 bits per heavy atom. The molecule has 5 rings (SSSR count). The Bertz CT molecular complexity index is 1380. The highest BCUT2D eigenvalue weighted by atomic mass is 35.5. The fourth-order valence-electron chi connectivity index (χ4n) is 4.89. The van der Waals surface area contributed by atoms with Crippen LogP contribution in [0.1, 0.15) is 17.4 Å². The Morgan fingerprint density at radius 3 is 2.24 bits per heavy atom. The van der Waals surface area contributed by atoms with Gasteiger partial charge < -0.3 is 28.8 Å². The highest BCUT2D eigenvalue weighted by Gasteiger charge is 2.48. The monoisotopic (exact) mass is 537 g/mol. The number of ketones is 1. The molecule has 1 unspecified atom stereocenters. The SMILES string of the molecule is COc1cc(OC)c(/C(O)=C2/C(=O)C(=O)N(c3ccc(N4CCN(C)CC4)cc3)C2c2ccco2)cc1Cl. The molecule has 1 atom stereocenters. The summed E-state index contributed by atoms with van der Waals surface area (Å²) in [7, 11) is 4.98. The highest BCUT2D eigenvalue weighted by Crippen LogP contribution is 2.45. The van der Waals surface area contributed by atoms with Crippen LogP contribution in [0.3, 0.4) is 0 Å². The summed E-state index contributed by atoms with van der Waals surface area (Å²) < 4.78 is 16.3. The number of carbonyl (C=O) groups excluding carboxylic acids is 2. The van der Waals surface area contributed by atoms with Crippen LogP contribution in [-0.4, -0.2) is 69.1 Å². The zero-order valence-corrected chi connectivity index (χ0v) is 22.1. The summed E-state index contributed by atoms with van der Waals surface area (Å²) in [6, 6.07) is 12.8. The number of hydrogen-bond acceptors (Lipinski definition) is 8. The largest absolute Gasteiger partial charge is 0.507 e. The maximum Gasteiger partial charge on any atom is 0.300 e. The number of likely N-dealkylation sites (N-methyl/N-ethyl adjacent to an activating group) is 1. The average Bonchev–Trinajstić information content (AvgIpc) is 3.55. The van der Waals surface area contributed by atoms with Crippen molar-refractivity contribution in [2.24, 2.45) is 0 Å². The van der Waals surface area contributed by atoms with Crippen molar-refractivity contribution in [1.29, 1.82) is 0 Å². The van der Waals surface area contributed by atoms with Crippen LogP contribution in [0.25, 0.3) is 5.76 Å². The zero-order chi connectivity index (χ0) is 27.0. The molecule has 1 amide bonds. The summed E-state index contributed by atoms with van der Waals surface area (Å²) in [6.45, 7) is 3.74. The van der Waals surface area contributed by atoms with Crippen molar-refractivity contribution in [3.63, 3.8) is 0 Å². The summed E-state index contributed by atoms with van der Waals surface area (Å²) in [5.74, 6) is -1.16. The van der Waals surface area contributed by atoms with Crippen molar-refractivity contribution in [3.05, 3.63) is 76.7 Å². The molecule has 2 aliphatic heterocycles. The summed E-state index contributed by atoms with van der Waals surface area (Å²) in [5.41, 5.74) is 1.56. The van der Waals surface area contributed by atoms with Gasteiger partial charge in [-0.25, -0.2) is 0 Å². The Hall–Kier alpha value is -3.95. The van der Waals surface area contributed by atoms with Gasteiger partial charge in [0.1, 0.15) is 29.1 Å². The molecule has 0 radical (unpaired) electrons. The lowest BCUT2D eigenvalue weighted by molar-refractivity contribution is -0.132. The van der Waals surface area contributed by atoms with Gasteiger partial charge >= 0.3 is 0 Å². The molecule has 2 aromatic carbocycles. The number of nitrogens with zero attached hydrogens (tertiary/aromatic N) is 3. The van der Waals surface area contributed by atoms with Gasteiger partial charge in [-0.3, -0.25) is 14.5 Å². The van der Waals surface area contributed by atoms with Gasteiger partial charge in [-0.1, -0.05) is 11.6 Å². The fraction of sp³-hybridized carbons (Fsp3) is 0.286. The quantitative estimate of drug-likeness (QED) is 0.282. The van der Waals surface area contributed by atoms with E-state index in [4.69, 9.17) is 25.5 Å². The van der Waals surface area contributed by atoms with E-state index < -0.39 is 23.5 Å². The van der Waals surface area contributed by atoms with Gasteiger partial charge in [0.2, 0.25) is 0 Å². The molecule has 2 fully saturated rings. The van der Waals surface area contributed by atoms with Crippen LogP contribution in [-0.2, 0) is 9.59 Å². The molecule has 10 heteroatoms. The van der Waals surface area contributed by atoms with E-state index in [1.165, 1.54) is 37.5 Å². The number of ether oxygens (including phenoxy) is 2. The lowest BCUT2D eigenvalue weighted by Crippen LogP contribution is -2.44. The maximum absolute atomic E-state index is 13.4. The third-order valence-electron chi connectivity index (χ3n) is 6.98. The number of hydrogen-bond donors (Lipinski definition) is 1. The lowest BCUT2D eigenvalue weighted by Gasteiger charge is -2.34. The van der Waals surface area contributed by atoms with Gasteiger partial charge in [-0.2, -0.15) is 0 Å². The molecular weight excluding hydrogens is 510 g/mol. The van der Waals surface area contributed by atoms with E-state index >= 15 is 0 Å². The van der Waals surface area contributed by atoms with Crippen molar-refractivity contribution in [2.45, 2.75) is 6.04 Å². The molecular formula is C28H28ClN3O6. The number of piperazine rings is 1. The number of amides is 1. The van der Waals surface area contributed by atoms with Crippen LogP contribution in [0, 0.1) is 0 Å². The second kappa shape index (κ2) is 10.4. The van der Waals surface area contributed by atoms with Gasteiger partial charge in [0.15, 0.2) is 0 Å². The van der Waals surface area contributed by atoms with Crippen molar-refractivity contribution in [1.82, 2.24) is 4.90 Å². The molecule has 0 aliphatic carbocycles. The van der Waals surface area contributed by atoms with Crippen LogP contribution in [0.5, 0.6) is 11.5 Å². The molecule has 0 saturated carbocycles. The Labute approximate surface area is 225 Å². The molecule has 3 aromatic rings. The highest BCUT2D eigenvalue weighted by molar-refractivity contribution is 6.51. The standard InChI is InChI=1S/C28H28ClN3O6/c1-30-10-12-31(13-11-30)17-6-8-18(9-7-17)32-25(21-5-4-14-38-21)24(27(34)28(32)35)26(33)19-15-20(29)23(37-3)16-22(19)36-2/h4-9,14-16,25,33H,10-13H2,1-3H3/b26-24-. The van der Waals surface area contributed by atoms with E-state index in [-0.39, 0.29) is 21.9 Å². The lowest BCUT2D eigenvalue weighted by atomic mass is 9.98. The minimum atomic E-state index is -0.995. The van der Waals surface area contributed by atoms with Gasteiger partial charge in [-0.05, 0) is 49.5 Å². The molecule has 2 aliphatic rings. The van der Waals surface area contributed by atoms with E-state index in [0.717, 1.165) is 31.9 Å². The van der Waals surface area contributed by atoms with Gasteiger partial charge in [0, 0.05) is 43.6 Å². The molecule has 198 valence electrons. The molecule has 2 saturated heterocycles. The van der Waals surface area contributed by atoms with Crippen molar-refractivity contribution in [2.75, 3.05) is 57.2 Å². The van der Waals surface area contributed by atoms with Crippen LogP contribution >= 0.6 is 11.6 Å². The van der Waals surface area contributed by atoms with E-state index in [1.807, 2.05) is 12.1 Å². The molecule has 1 aromatic heterocycles. The molecule has 3 heterocycles. The first-order chi connectivity index (χ1) is 18.3. The number of Topliss-reactive ketones (excluding diaryl/α,β-unsaturated/α-hetero) is 1. The smallest absolute Gasteiger partial charge is 0.300 e. The normalized spacial score (nSPS) is 19.7. The average molecular weight is 538 g/mol. The summed E-state index contributed by atoms with van der Waals surface area (Å²) in [5, 5.41) is 11.6. The topological polar surface area (TPSA) is 95.7 Å². The number of anilines is 2. The predicted octanol–water partition coefficient (Wildman–Crippen LogP) is 4.33. The van der Waals surface area contributed by atoms with E-state index in [1.54, 1.807) is 24.3 Å². The van der Waals surface area contributed by atoms with Crippen molar-refractivity contribution in [3.8, 4) is 11.5 Å². The number of benzene rings is 2. The number of methoxy groups -OCH3 is 2. The minimum absolute atomic E-state index is 0.132. The van der Waals surface area contributed by atoms with E-state index in [2.05, 4.69) is 16.8 Å². The first-order valence-electron chi connectivity index (χ1n) is 12.1. The predicted molar refractivity (Wildman–Crippen MR) is 144 cm³/mol. The Morgan fingerprint density at radius 2 is 1.63 bits per heavy atom. The van der Waals surface area contributed by atoms with Gasteiger partial charge in [0.25, 0.3) is 11.7 Å². The summed E-state index contributed by atoms with van der Waals surface area (Å²) in [6.07, 6.45) is 1.46. The second-order valence-electron chi connectivity index (χ2n) is 9.18. The van der Waals surface area contributed by atoms with Crippen LogP contribution in [0.2, 0.25) is 5.02 Å². The minimum Gasteiger partial charge on any atom is -0.507 e. The van der Waals surface area contributed by atoms with Gasteiger partial charge in [-0.15, -0.1) is 0 Å². The third-order valence-corrected chi connectivity index (χ3v) is 7.28. The number of rotatable bonds is 6. The van der Waals surface area contributed by atoms with Crippen LogP contribution in [0.15, 0.2) is 64.8 Å². The first kappa shape index (κ1) is 25.7. The molecule has 0 bridgehead atoms. The summed E-state index contributed by atoms with van der Waals surface area (Å²) >= 11 is 6.32. The summed E-state index contributed by atoms with van der Waals surface area (Å²) in [4.78, 5) is 32.7. The van der Waals surface area contributed by atoms with E-state index in [9.17, 15) is 14.7 Å². The van der Waals surface area contributed by atoms with Crippen molar-refractivity contribution < 1.29 is 28.6 Å². The van der Waals surface area contributed by atoms with Crippen LogP contribution < -0.4 is 19.3 Å². The number of furan rings is 1. The molecule has 1 N–H and O–H groups in total.